The first-order valence-corrected chi connectivity index (χ1v) is 31.7. The number of hydrogen-bond acceptors (Lipinski definition) is 2. The van der Waals surface area contributed by atoms with Crippen molar-refractivity contribution in [1.29, 1.82) is 0 Å². The first-order chi connectivity index (χ1) is 40.9. The fourth-order valence-corrected chi connectivity index (χ4v) is 14.0. The topological polar surface area (TPSA) is 35.6 Å². The Morgan fingerprint density at radius 3 is 1.03 bits per heavy atom. The highest BCUT2D eigenvalue weighted by atomic mass is 15.0. The van der Waals surface area contributed by atoms with Crippen molar-refractivity contribution < 1.29 is 0 Å². The Kier molecular flexibility index (Phi) is 12.4. The maximum Gasteiger partial charge on any atom is 0.252 e. The molecule has 434 valence electrons. The van der Waals surface area contributed by atoms with E-state index in [9.17, 15) is 0 Å². The van der Waals surface area contributed by atoms with Crippen LogP contribution in [0.1, 0.15) is 158 Å². The molecular weight excluding hydrogens is 1050 g/mol. The number of hydrogen-bond donors (Lipinski definition) is 0. The summed E-state index contributed by atoms with van der Waals surface area (Å²) >= 11 is 0. The minimum atomic E-state index is -0.110. The zero-order chi connectivity index (χ0) is 61.4. The molecule has 0 aliphatic carbocycles. The smallest absolute Gasteiger partial charge is 0.252 e. The van der Waals surface area contributed by atoms with Gasteiger partial charge in [-0.3, -0.25) is 0 Å². The van der Waals surface area contributed by atoms with Gasteiger partial charge in [0, 0.05) is 60.6 Å². The summed E-state index contributed by atoms with van der Waals surface area (Å²) in [6, 6.07) is 68.1. The third-order valence-corrected chi connectivity index (χ3v) is 19.2. The Labute approximate surface area is 516 Å². The van der Waals surface area contributed by atoms with Crippen LogP contribution in [0.4, 0.5) is 0 Å². The van der Waals surface area contributed by atoms with Gasteiger partial charge in [0.15, 0.2) is 5.82 Å². The van der Waals surface area contributed by atoms with Crippen LogP contribution in [0.5, 0.6) is 0 Å². The molecule has 0 spiro atoms. The van der Waals surface area contributed by atoms with Crippen LogP contribution in [0.2, 0.25) is 0 Å². The van der Waals surface area contributed by atoms with E-state index in [1.807, 2.05) is 0 Å². The summed E-state index contributed by atoms with van der Waals surface area (Å²) in [5.74, 6) is 0.726. The second-order valence-corrected chi connectivity index (χ2v) is 31.6. The molecule has 87 heavy (non-hydrogen) atoms. The summed E-state index contributed by atoms with van der Waals surface area (Å²) in [6.07, 6.45) is 0. The van der Waals surface area contributed by atoms with Crippen LogP contribution >= 0.6 is 0 Å². The lowest BCUT2D eigenvalue weighted by Gasteiger charge is -2.34. The number of fused-ring (bicyclic) bond motifs is 10. The van der Waals surface area contributed by atoms with Crippen LogP contribution < -0.4 is 16.4 Å². The van der Waals surface area contributed by atoms with Gasteiger partial charge in [-0.25, -0.2) is 9.97 Å². The molecule has 4 nitrogen and oxygen atoms in total. The second-order valence-electron chi connectivity index (χ2n) is 31.6. The number of nitrogens with zero attached hydrogens (tertiary/aromatic N) is 4. The third kappa shape index (κ3) is 9.23. The van der Waals surface area contributed by atoms with Gasteiger partial charge in [0.2, 0.25) is 0 Å². The minimum absolute atomic E-state index is 0.0664. The Morgan fingerprint density at radius 2 is 0.667 bits per heavy atom. The van der Waals surface area contributed by atoms with E-state index in [0.29, 0.717) is 0 Å². The van der Waals surface area contributed by atoms with Gasteiger partial charge in [-0.15, -0.1) is 0 Å². The average Bonchev–Trinajstić information content (AvgIpc) is 1.57. The quantitative estimate of drug-likeness (QED) is 0.161. The molecule has 12 aromatic rings. The molecule has 5 heterocycles. The highest BCUT2D eigenvalue weighted by Gasteiger charge is 2.43. The van der Waals surface area contributed by atoms with Crippen molar-refractivity contribution in [3.63, 3.8) is 0 Å². The molecule has 0 atom stereocenters. The second kappa shape index (κ2) is 19.1. The molecule has 0 amide bonds. The van der Waals surface area contributed by atoms with Crippen LogP contribution in [-0.2, 0) is 32.5 Å². The summed E-state index contributed by atoms with van der Waals surface area (Å²) in [5, 5.41) is 5.13. The van der Waals surface area contributed by atoms with Crippen molar-refractivity contribution in [2.24, 2.45) is 0 Å². The van der Waals surface area contributed by atoms with Gasteiger partial charge < -0.3 is 9.13 Å². The van der Waals surface area contributed by atoms with Crippen LogP contribution in [-0.4, -0.2) is 25.8 Å². The normalized spacial score (nSPS) is 13.6. The summed E-state index contributed by atoms with van der Waals surface area (Å²) in [4.78, 5) is 11.6. The number of aromatic nitrogens is 4. The predicted molar refractivity (Wildman–Crippen MR) is 375 cm³/mol. The number of rotatable bonds is 5. The highest BCUT2D eigenvalue weighted by Crippen LogP contribution is 2.47. The molecular formula is C82H83BN4. The zero-order valence-electron chi connectivity index (χ0n) is 54.6. The Bertz CT molecular complexity index is 4470. The molecule has 9 aromatic carbocycles. The Morgan fingerprint density at radius 1 is 0.310 bits per heavy atom. The van der Waals surface area contributed by atoms with Crippen molar-refractivity contribution in [2.45, 2.75) is 157 Å². The fraction of sp³-hybridized carbons (Fsp3) is 0.293. The molecule has 0 saturated carbocycles. The Hall–Kier alpha value is -8.28. The van der Waals surface area contributed by atoms with Crippen LogP contribution in [0.3, 0.4) is 0 Å². The molecule has 0 N–H and O–H groups in total. The monoisotopic (exact) mass is 1130 g/mol. The van der Waals surface area contributed by atoms with E-state index in [1.165, 1.54) is 127 Å². The van der Waals surface area contributed by atoms with Crippen molar-refractivity contribution in [1.82, 2.24) is 19.1 Å². The first kappa shape index (κ1) is 56.5. The lowest BCUT2D eigenvalue weighted by molar-refractivity contribution is 0.568. The maximum absolute atomic E-state index is 5.89. The standard InChI is InChI=1S/C82H83BN4/c1-77(2,3)53-29-35-67-61(45-53)71-59(48-25-21-19-22-26-48)31-33-63-74(71)86(67)69-41-51(42-70-73(69)83(63)64-34-32-60(49-27-23-20-24-28-49)72-62-46-54(78(4,5)6)30-36-68(62)87(70)75(64)72)66-47-65(50-37-55(79(7,8)9)43-56(38-50)80(10,11)12)84-76(85-66)52-39-57(81(13,14)15)44-58(40-52)82(16,17)18/h19-47H,1-18H3. The number of benzene rings is 9. The van der Waals surface area contributed by atoms with Crippen molar-refractivity contribution in [3.05, 3.63) is 209 Å². The lowest BCUT2D eigenvalue weighted by Crippen LogP contribution is -2.59. The third-order valence-electron chi connectivity index (χ3n) is 19.2. The summed E-state index contributed by atoms with van der Waals surface area (Å²) in [6.45, 7) is 41.8. The fourth-order valence-electron chi connectivity index (χ4n) is 14.0. The Balaban J connectivity index is 1.17. The van der Waals surface area contributed by atoms with Gasteiger partial charge in [-0.2, -0.15) is 0 Å². The van der Waals surface area contributed by atoms with Crippen molar-refractivity contribution in [3.8, 4) is 67.5 Å². The molecule has 0 fully saturated rings. The highest BCUT2D eigenvalue weighted by molar-refractivity contribution is 7.00. The van der Waals surface area contributed by atoms with E-state index in [4.69, 9.17) is 9.97 Å². The van der Waals surface area contributed by atoms with Gasteiger partial charge >= 0.3 is 0 Å². The molecule has 0 unspecified atom stereocenters. The van der Waals surface area contributed by atoms with Gasteiger partial charge in [-0.05, 0) is 171 Å². The van der Waals surface area contributed by atoms with E-state index in [0.717, 1.165) is 33.9 Å². The van der Waals surface area contributed by atoms with Crippen LogP contribution in [0.15, 0.2) is 176 Å². The largest absolute Gasteiger partial charge is 0.310 e. The molecule has 0 saturated heterocycles. The molecule has 0 bridgehead atoms. The molecule has 3 aromatic heterocycles. The lowest BCUT2D eigenvalue weighted by atomic mass is 9.34. The van der Waals surface area contributed by atoms with Crippen molar-refractivity contribution >= 4 is 66.7 Å². The van der Waals surface area contributed by atoms with Crippen LogP contribution in [0.25, 0.3) is 111 Å². The first-order valence-electron chi connectivity index (χ1n) is 31.7. The molecule has 0 radical (unpaired) electrons. The van der Waals surface area contributed by atoms with Crippen molar-refractivity contribution in [2.75, 3.05) is 0 Å². The molecule has 14 rings (SSSR count). The van der Waals surface area contributed by atoms with E-state index in [-0.39, 0.29) is 39.2 Å². The van der Waals surface area contributed by atoms with Crippen LogP contribution in [0, 0.1) is 0 Å². The average molecular weight is 1140 g/mol. The minimum Gasteiger partial charge on any atom is -0.310 e. The van der Waals surface area contributed by atoms with E-state index in [2.05, 4.69) is 310 Å². The molecule has 2 aliphatic heterocycles. The predicted octanol–water partition coefficient (Wildman–Crippen LogP) is 19.9. The van der Waals surface area contributed by atoms with Gasteiger partial charge in [0.05, 0.1) is 22.4 Å². The van der Waals surface area contributed by atoms with E-state index >= 15 is 0 Å². The molecule has 5 heteroatoms. The summed E-state index contributed by atoms with van der Waals surface area (Å²) in [5.41, 5.74) is 28.4. The molecule has 2 aliphatic rings. The van der Waals surface area contributed by atoms with Gasteiger partial charge in [-0.1, -0.05) is 234 Å². The van der Waals surface area contributed by atoms with Gasteiger partial charge in [0.25, 0.3) is 6.71 Å². The summed E-state index contributed by atoms with van der Waals surface area (Å²) in [7, 11) is 0. The van der Waals surface area contributed by atoms with Gasteiger partial charge in [0.1, 0.15) is 0 Å². The maximum atomic E-state index is 5.89. The summed E-state index contributed by atoms with van der Waals surface area (Å²) < 4.78 is 5.30. The van der Waals surface area contributed by atoms with E-state index in [1.54, 1.807) is 0 Å². The van der Waals surface area contributed by atoms with E-state index < -0.39 is 0 Å². The SMILES string of the molecule is CC(C)(C)c1cc(-c2cc(-c3cc4c5c(c3)-n3c6ccc(C(C)(C)C)cc6c6c(-c7ccccc7)ccc(c63)B5c3ccc(-c5ccccc5)c5c6cc(C(C)(C)C)ccc6n-4c35)nc(-c3cc(C(C)(C)C)cc(C(C)(C)C)c3)n2)cc(C(C)(C)C)c1. The zero-order valence-corrected chi connectivity index (χ0v) is 54.6.